The van der Waals surface area contributed by atoms with Crippen LogP contribution in [0.3, 0.4) is 0 Å². The Morgan fingerprint density at radius 3 is 2.50 bits per heavy atom. The predicted molar refractivity (Wildman–Crippen MR) is 117 cm³/mol. The van der Waals surface area contributed by atoms with E-state index in [1.807, 2.05) is 56.3 Å². The van der Waals surface area contributed by atoms with Gasteiger partial charge in [-0.05, 0) is 49.6 Å². The summed E-state index contributed by atoms with van der Waals surface area (Å²) in [6.07, 6.45) is 1.80. The van der Waals surface area contributed by atoms with E-state index in [0.717, 1.165) is 18.4 Å². The van der Waals surface area contributed by atoms with Gasteiger partial charge in [0.25, 0.3) is 0 Å². The number of aromatic nitrogens is 2. The fraction of sp³-hybridized carbons (Fsp3) is 0.391. The molecule has 1 aromatic heterocycles. The zero-order chi connectivity index (χ0) is 21.5. The molecule has 0 bridgehead atoms. The molecule has 2 aromatic carbocycles. The zero-order valence-electron chi connectivity index (χ0n) is 17.7. The summed E-state index contributed by atoms with van der Waals surface area (Å²) >= 11 is 0. The molecule has 1 heterocycles. The Hall–Kier alpha value is -3.22. The van der Waals surface area contributed by atoms with E-state index in [-0.39, 0.29) is 24.2 Å². The summed E-state index contributed by atoms with van der Waals surface area (Å²) in [5.74, 6) is 1.14. The lowest BCUT2D eigenvalue weighted by molar-refractivity contribution is -0.122. The van der Waals surface area contributed by atoms with Gasteiger partial charge in [-0.2, -0.15) is 0 Å². The molecule has 2 N–H and O–H groups in total. The van der Waals surface area contributed by atoms with Crippen LogP contribution >= 0.6 is 0 Å². The summed E-state index contributed by atoms with van der Waals surface area (Å²) in [5, 5.41) is 2.96. The smallest absolute Gasteiger partial charge is 0.326 e. The molecular formula is C23H29N3O4. The Kier molecular flexibility index (Phi) is 7.17. The van der Waals surface area contributed by atoms with Crippen molar-refractivity contribution in [3.63, 3.8) is 0 Å². The van der Waals surface area contributed by atoms with Crippen molar-refractivity contribution in [1.29, 1.82) is 0 Å². The van der Waals surface area contributed by atoms with E-state index in [1.54, 1.807) is 0 Å². The Balaban J connectivity index is 1.72. The van der Waals surface area contributed by atoms with Gasteiger partial charge >= 0.3 is 5.69 Å². The molecule has 3 rings (SSSR count). The highest BCUT2D eigenvalue weighted by Gasteiger charge is 2.15. The number of hydrogen-bond acceptors (Lipinski definition) is 4. The number of aromatic amines is 1. The van der Waals surface area contributed by atoms with E-state index in [4.69, 9.17) is 9.47 Å². The van der Waals surface area contributed by atoms with E-state index >= 15 is 0 Å². The predicted octanol–water partition coefficient (Wildman–Crippen LogP) is 3.78. The summed E-state index contributed by atoms with van der Waals surface area (Å²) in [6.45, 7) is 7.17. The van der Waals surface area contributed by atoms with E-state index < -0.39 is 0 Å². The second kappa shape index (κ2) is 10.0. The third kappa shape index (κ3) is 5.03. The molecule has 0 aliphatic heterocycles. The minimum Gasteiger partial charge on any atom is -0.490 e. The maximum Gasteiger partial charge on any atom is 0.326 e. The number of nitrogens with zero attached hydrogens (tertiary/aromatic N) is 1. The Morgan fingerprint density at radius 1 is 1.07 bits per heavy atom. The van der Waals surface area contributed by atoms with Crippen molar-refractivity contribution in [2.45, 2.75) is 46.2 Å². The van der Waals surface area contributed by atoms with Crippen molar-refractivity contribution in [3.8, 4) is 11.5 Å². The summed E-state index contributed by atoms with van der Waals surface area (Å²) in [7, 11) is 0. The fourth-order valence-electron chi connectivity index (χ4n) is 3.23. The van der Waals surface area contributed by atoms with Gasteiger partial charge in [0.1, 0.15) is 6.54 Å². The monoisotopic (exact) mass is 411 g/mol. The van der Waals surface area contributed by atoms with Gasteiger partial charge in [0, 0.05) is 0 Å². The van der Waals surface area contributed by atoms with Gasteiger partial charge in [-0.25, -0.2) is 4.79 Å². The SMILES string of the molecule is CCCOc1ccc(C(C)NC(=O)Cn2c(=O)[nH]c3ccccc32)cc1OCCC. The second-order valence-corrected chi connectivity index (χ2v) is 7.23. The van der Waals surface area contributed by atoms with E-state index in [2.05, 4.69) is 17.2 Å². The van der Waals surface area contributed by atoms with Gasteiger partial charge in [0.05, 0.1) is 30.3 Å². The van der Waals surface area contributed by atoms with E-state index in [0.29, 0.717) is 35.7 Å². The van der Waals surface area contributed by atoms with Crippen LogP contribution in [0.5, 0.6) is 11.5 Å². The standard InChI is InChI=1S/C23H29N3O4/c1-4-12-29-20-11-10-17(14-21(20)30-13-5-2)16(3)24-22(27)15-26-19-9-7-6-8-18(19)25-23(26)28/h6-11,14,16H,4-5,12-13,15H2,1-3H3,(H,24,27)(H,25,28). The lowest BCUT2D eigenvalue weighted by Crippen LogP contribution is -2.33. The summed E-state index contributed by atoms with van der Waals surface area (Å²) < 4.78 is 13.0. The number of carbonyl (C=O) groups is 1. The molecule has 0 aliphatic carbocycles. The molecule has 0 saturated heterocycles. The van der Waals surface area contributed by atoms with Crippen molar-refractivity contribution in [3.05, 3.63) is 58.5 Å². The van der Waals surface area contributed by atoms with E-state index in [1.165, 1.54) is 4.57 Å². The number of hydrogen-bond donors (Lipinski definition) is 2. The first-order chi connectivity index (χ1) is 14.5. The molecule has 0 saturated carbocycles. The van der Waals surface area contributed by atoms with Crippen LogP contribution in [-0.4, -0.2) is 28.7 Å². The average molecular weight is 412 g/mol. The first-order valence-electron chi connectivity index (χ1n) is 10.4. The lowest BCUT2D eigenvalue weighted by atomic mass is 10.1. The average Bonchev–Trinajstić information content (AvgIpc) is 3.06. The minimum atomic E-state index is -0.299. The first-order valence-corrected chi connectivity index (χ1v) is 10.4. The molecule has 1 atom stereocenters. The Bertz CT molecular complexity index is 1050. The van der Waals surface area contributed by atoms with Gasteiger partial charge in [0.2, 0.25) is 5.91 Å². The molecule has 1 amide bonds. The Morgan fingerprint density at radius 2 is 1.77 bits per heavy atom. The summed E-state index contributed by atoms with van der Waals surface area (Å²) in [6, 6.07) is 12.8. The number of imidazole rings is 1. The molecule has 3 aromatic rings. The molecule has 0 spiro atoms. The topological polar surface area (TPSA) is 85.4 Å². The van der Waals surface area contributed by atoms with Crippen molar-refractivity contribution in [2.75, 3.05) is 13.2 Å². The lowest BCUT2D eigenvalue weighted by Gasteiger charge is -2.18. The number of H-pyrrole nitrogens is 1. The van der Waals surface area contributed by atoms with Crippen LogP contribution in [-0.2, 0) is 11.3 Å². The zero-order valence-corrected chi connectivity index (χ0v) is 17.7. The van der Waals surface area contributed by atoms with Gasteiger partial charge in [0.15, 0.2) is 11.5 Å². The van der Waals surface area contributed by atoms with Crippen LogP contribution in [0.1, 0.15) is 45.2 Å². The highest BCUT2D eigenvalue weighted by atomic mass is 16.5. The van der Waals surface area contributed by atoms with Crippen LogP contribution in [0.15, 0.2) is 47.3 Å². The third-order valence-corrected chi connectivity index (χ3v) is 4.75. The number of para-hydroxylation sites is 2. The number of amides is 1. The van der Waals surface area contributed by atoms with Crippen molar-refractivity contribution in [1.82, 2.24) is 14.9 Å². The first kappa shape index (κ1) is 21.5. The maximum absolute atomic E-state index is 12.6. The maximum atomic E-state index is 12.6. The molecule has 7 heteroatoms. The fourth-order valence-corrected chi connectivity index (χ4v) is 3.23. The second-order valence-electron chi connectivity index (χ2n) is 7.23. The van der Waals surface area contributed by atoms with Crippen molar-refractivity contribution >= 4 is 16.9 Å². The molecule has 30 heavy (non-hydrogen) atoms. The van der Waals surface area contributed by atoms with Gasteiger partial charge in [-0.1, -0.05) is 32.0 Å². The normalized spacial score (nSPS) is 12.0. The van der Waals surface area contributed by atoms with E-state index in [9.17, 15) is 9.59 Å². The van der Waals surface area contributed by atoms with Gasteiger partial charge in [-0.3, -0.25) is 9.36 Å². The van der Waals surface area contributed by atoms with Crippen LogP contribution < -0.4 is 20.5 Å². The van der Waals surface area contributed by atoms with Crippen LogP contribution in [0.25, 0.3) is 11.0 Å². The van der Waals surface area contributed by atoms with Gasteiger partial charge < -0.3 is 19.8 Å². The van der Waals surface area contributed by atoms with Crippen LogP contribution in [0.4, 0.5) is 0 Å². The number of nitrogens with one attached hydrogen (secondary N) is 2. The summed E-state index contributed by atoms with van der Waals surface area (Å²) in [4.78, 5) is 27.6. The number of carbonyl (C=O) groups excluding carboxylic acids is 1. The number of ether oxygens (including phenoxy) is 2. The number of benzene rings is 2. The molecule has 0 fully saturated rings. The molecule has 0 radical (unpaired) electrons. The Labute approximate surface area is 176 Å². The quantitative estimate of drug-likeness (QED) is 0.532. The van der Waals surface area contributed by atoms with Crippen LogP contribution in [0, 0.1) is 0 Å². The molecule has 160 valence electrons. The highest BCUT2D eigenvalue weighted by molar-refractivity contribution is 5.80. The number of fused-ring (bicyclic) bond motifs is 1. The molecule has 1 unspecified atom stereocenters. The van der Waals surface area contributed by atoms with Crippen molar-refractivity contribution in [2.24, 2.45) is 0 Å². The third-order valence-electron chi connectivity index (χ3n) is 4.75. The van der Waals surface area contributed by atoms with Crippen LogP contribution in [0.2, 0.25) is 0 Å². The van der Waals surface area contributed by atoms with Crippen molar-refractivity contribution < 1.29 is 14.3 Å². The van der Waals surface area contributed by atoms with Gasteiger partial charge in [-0.15, -0.1) is 0 Å². The minimum absolute atomic E-state index is 0.0515. The summed E-state index contributed by atoms with van der Waals surface area (Å²) in [5.41, 5.74) is 2.03. The molecule has 7 nitrogen and oxygen atoms in total. The number of rotatable bonds is 10. The largest absolute Gasteiger partial charge is 0.490 e. The molecular weight excluding hydrogens is 382 g/mol. The molecule has 0 aliphatic rings. The highest BCUT2D eigenvalue weighted by Crippen LogP contribution is 2.31.